The van der Waals surface area contributed by atoms with Gasteiger partial charge in [-0.05, 0) is 50.1 Å². The molecule has 0 radical (unpaired) electrons. The molecule has 0 spiro atoms. The molecule has 2 rings (SSSR count). The molecule has 2 aromatic rings. The molecule has 5 heteroatoms. The molecular formula is C18H23N3O2. The Bertz CT molecular complexity index is 622. The van der Waals surface area contributed by atoms with E-state index in [1.54, 1.807) is 19.4 Å². The van der Waals surface area contributed by atoms with Gasteiger partial charge in [-0.25, -0.2) is 4.98 Å². The van der Waals surface area contributed by atoms with Gasteiger partial charge in [-0.3, -0.25) is 4.79 Å². The van der Waals surface area contributed by atoms with Gasteiger partial charge in [0.1, 0.15) is 11.4 Å². The largest absolute Gasteiger partial charge is 0.497 e. The number of benzene rings is 1. The second-order valence-electron chi connectivity index (χ2n) is 5.59. The monoisotopic (exact) mass is 313 g/mol. The number of aromatic nitrogens is 1. The van der Waals surface area contributed by atoms with Gasteiger partial charge < -0.3 is 15.4 Å². The van der Waals surface area contributed by atoms with Gasteiger partial charge in [-0.15, -0.1) is 0 Å². The summed E-state index contributed by atoms with van der Waals surface area (Å²) in [4.78, 5) is 16.2. The van der Waals surface area contributed by atoms with Crippen LogP contribution in [0.25, 0.3) is 0 Å². The van der Waals surface area contributed by atoms with Crippen molar-refractivity contribution in [3.05, 3.63) is 53.9 Å². The summed E-state index contributed by atoms with van der Waals surface area (Å²) in [6, 6.07) is 11.8. The van der Waals surface area contributed by atoms with Crippen molar-refractivity contribution >= 4 is 11.6 Å². The second-order valence-corrected chi connectivity index (χ2v) is 5.59. The molecule has 0 fully saturated rings. The molecule has 1 aromatic heterocycles. The normalized spacial score (nSPS) is 10.4. The van der Waals surface area contributed by atoms with Gasteiger partial charge >= 0.3 is 0 Å². The Kier molecular flexibility index (Phi) is 5.97. The Morgan fingerprint density at radius 2 is 1.91 bits per heavy atom. The van der Waals surface area contributed by atoms with Crippen molar-refractivity contribution in [2.45, 2.75) is 26.3 Å². The number of methoxy groups -OCH3 is 1. The Morgan fingerprint density at radius 3 is 2.48 bits per heavy atom. The fourth-order valence-electron chi connectivity index (χ4n) is 2.15. The minimum Gasteiger partial charge on any atom is -0.497 e. The van der Waals surface area contributed by atoms with Crippen LogP contribution < -0.4 is 15.4 Å². The van der Waals surface area contributed by atoms with Crippen LogP contribution >= 0.6 is 0 Å². The van der Waals surface area contributed by atoms with Crippen LogP contribution in [-0.2, 0) is 6.42 Å². The molecule has 23 heavy (non-hydrogen) atoms. The van der Waals surface area contributed by atoms with Crippen molar-refractivity contribution in [1.82, 2.24) is 10.3 Å². The van der Waals surface area contributed by atoms with E-state index < -0.39 is 0 Å². The van der Waals surface area contributed by atoms with E-state index in [9.17, 15) is 4.79 Å². The zero-order valence-corrected chi connectivity index (χ0v) is 13.8. The Morgan fingerprint density at radius 1 is 1.17 bits per heavy atom. The van der Waals surface area contributed by atoms with E-state index in [-0.39, 0.29) is 5.91 Å². The topological polar surface area (TPSA) is 63.2 Å². The van der Waals surface area contributed by atoms with Crippen molar-refractivity contribution in [3.63, 3.8) is 0 Å². The average molecular weight is 313 g/mol. The fraction of sp³-hybridized carbons (Fsp3) is 0.333. The van der Waals surface area contributed by atoms with Gasteiger partial charge in [0.15, 0.2) is 0 Å². The minimum absolute atomic E-state index is 0.158. The lowest BCUT2D eigenvalue weighted by Crippen LogP contribution is -2.26. The number of carbonyl (C=O) groups excluding carboxylic acids is 1. The molecule has 0 saturated carbocycles. The summed E-state index contributed by atoms with van der Waals surface area (Å²) in [5, 5.41) is 6.12. The predicted molar refractivity (Wildman–Crippen MR) is 92.0 cm³/mol. The van der Waals surface area contributed by atoms with E-state index in [0.29, 0.717) is 18.3 Å². The summed E-state index contributed by atoms with van der Waals surface area (Å²) in [6.07, 6.45) is 2.45. The van der Waals surface area contributed by atoms with Crippen LogP contribution in [0.5, 0.6) is 5.75 Å². The molecule has 0 aliphatic heterocycles. The highest BCUT2D eigenvalue weighted by molar-refractivity contribution is 5.92. The maximum Gasteiger partial charge on any atom is 0.269 e. The first-order valence-corrected chi connectivity index (χ1v) is 7.72. The third-order valence-corrected chi connectivity index (χ3v) is 3.31. The maximum atomic E-state index is 12.1. The van der Waals surface area contributed by atoms with E-state index in [0.717, 1.165) is 23.4 Å². The summed E-state index contributed by atoms with van der Waals surface area (Å²) in [5.41, 5.74) is 2.49. The molecule has 1 aromatic carbocycles. The number of pyridine rings is 1. The predicted octanol–water partition coefficient (Wildman–Crippen LogP) is 2.88. The lowest BCUT2D eigenvalue weighted by Gasteiger charge is -2.10. The zero-order chi connectivity index (χ0) is 16.7. The number of anilines is 1. The molecule has 0 aliphatic carbocycles. The zero-order valence-electron chi connectivity index (χ0n) is 13.8. The number of ether oxygens (including phenoxy) is 1. The summed E-state index contributed by atoms with van der Waals surface area (Å²) in [5.74, 6) is 0.673. The number of hydrogen-bond acceptors (Lipinski definition) is 4. The lowest BCUT2D eigenvalue weighted by atomic mass is 10.1. The first-order chi connectivity index (χ1) is 11.1. The molecule has 5 nitrogen and oxygen atoms in total. The molecule has 0 unspecified atom stereocenters. The highest BCUT2D eigenvalue weighted by atomic mass is 16.5. The molecule has 0 saturated heterocycles. The van der Waals surface area contributed by atoms with Crippen LogP contribution in [0.15, 0.2) is 42.6 Å². The third kappa shape index (κ3) is 5.29. The molecule has 0 atom stereocenters. The molecule has 122 valence electrons. The van der Waals surface area contributed by atoms with Crippen LogP contribution in [0, 0.1) is 0 Å². The number of amides is 1. The summed E-state index contributed by atoms with van der Waals surface area (Å²) < 4.78 is 5.12. The van der Waals surface area contributed by atoms with Crippen LogP contribution in [0.1, 0.15) is 29.9 Å². The summed E-state index contributed by atoms with van der Waals surface area (Å²) in [6.45, 7) is 4.68. The van der Waals surface area contributed by atoms with Gasteiger partial charge in [0, 0.05) is 12.6 Å². The summed E-state index contributed by atoms with van der Waals surface area (Å²) >= 11 is 0. The van der Waals surface area contributed by atoms with Crippen LogP contribution in [0.4, 0.5) is 5.69 Å². The Balaban J connectivity index is 1.81. The number of hydrogen-bond donors (Lipinski definition) is 2. The average Bonchev–Trinajstić information content (AvgIpc) is 2.55. The number of rotatable bonds is 7. The van der Waals surface area contributed by atoms with Crippen LogP contribution in [-0.4, -0.2) is 30.6 Å². The minimum atomic E-state index is -0.158. The van der Waals surface area contributed by atoms with E-state index >= 15 is 0 Å². The molecule has 2 N–H and O–H groups in total. The fourth-order valence-corrected chi connectivity index (χ4v) is 2.15. The van der Waals surface area contributed by atoms with Gasteiger partial charge in [0.25, 0.3) is 5.91 Å². The molecule has 1 heterocycles. The second kappa shape index (κ2) is 8.17. The molecule has 1 amide bonds. The SMILES string of the molecule is COc1ccc(CCNC(=O)c2ccc(NC(C)C)cn2)cc1. The van der Waals surface area contributed by atoms with E-state index in [1.807, 2.05) is 30.3 Å². The maximum absolute atomic E-state index is 12.1. The van der Waals surface area contributed by atoms with E-state index in [1.165, 1.54) is 0 Å². The van der Waals surface area contributed by atoms with Crippen LogP contribution in [0.3, 0.4) is 0 Å². The van der Waals surface area contributed by atoms with Crippen molar-refractivity contribution in [2.24, 2.45) is 0 Å². The van der Waals surface area contributed by atoms with Crippen molar-refractivity contribution in [3.8, 4) is 5.75 Å². The quantitative estimate of drug-likeness (QED) is 0.825. The molecule has 0 bridgehead atoms. The highest BCUT2D eigenvalue weighted by Gasteiger charge is 2.07. The lowest BCUT2D eigenvalue weighted by molar-refractivity contribution is 0.0949. The van der Waals surface area contributed by atoms with Gasteiger partial charge in [0.05, 0.1) is 19.0 Å². The number of nitrogens with one attached hydrogen (secondary N) is 2. The number of nitrogens with zero attached hydrogens (tertiary/aromatic N) is 1. The van der Waals surface area contributed by atoms with Gasteiger partial charge in [0.2, 0.25) is 0 Å². The smallest absolute Gasteiger partial charge is 0.269 e. The molecular weight excluding hydrogens is 290 g/mol. The van der Waals surface area contributed by atoms with E-state index in [4.69, 9.17) is 4.74 Å². The van der Waals surface area contributed by atoms with Crippen molar-refractivity contribution in [2.75, 3.05) is 19.0 Å². The first kappa shape index (κ1) is 16.8. The third-order valence-electron chi connectivity index (χ3n) is 3.31. The Hall–Kier alpha value is -2.56. The van der Waals surface area contributed by atoms with Crippen molar-refractivity contribution < 1.29 is 9.53 Å². The molecule has 0 aliphatic rings. The first-order valence-electron chi connectivity index (χ1n) is 7.72. The van der Waals surface area contributed by atoms with Gasteiger partial charge in [-0.2, -0.15) is 0 Å². The highest BCUT2D eigenvalue weighted by Crippen LogP contribution is 2.11. The van der Waals surface area contributed by atoms with Crippen LogP contribution in [0.2, 0.25) is 0 Å². The Labute approximate surface area is 137 Å². The summed E-state index contributed by atoms with van der Waals surface area (Å²) in [7, 11) is 1.64. The standard InChI is InChI=1S/C18H23N3O2/c1-13(2)21-15-6-9-17(20-12-15)18(22)19-11-10-14-4-7-16(23-3)8-5-14/h4-9,12-13,21H,10-11H2,1-3H3,(H,19,22). The number of carbonyl (C=O) groups is 1. The van der Waals surface area contributed by atoms with Gasteiger partial charge in [-0.1, -0.05) is 12.1 Å². The van der Waals surface area contributed by atoms with Crippen molar-refractivity contribution in [1.29, 1.82) is 0 Å². The van der Waals surface area contributed by atoms with E-state index in [2.05, 4.69) is 29.5 Å².